The van der Waals surface area contributed by atoms with Gasteiger partial charge in [0.15, 0.2) is 5.78 Å². The van der Waals surface area contributed by atoms with E-state index in [0.717, 1.165) is 13.1 Å². The monoisotopic (exact) mass is 338 g/mol. The van der Waals surface area contributed by atoms with Crippen LogP contribution in [0.25, 0.3) is 0 Å². The van der Waals surface area contributed by atoms with Gasteiger partial charge in [0.1, 0.15) is 12.6 Å². The molecule has 2 saturated heterocycles. The van der Waals surface area contributed by atoms with Crippen molar-refractivity contribution in [2.45, 2.75) is 45.3 Å². The lowest BCUT2D eigenvalue weighted by molar-refractivity contribution is -0.125. The van der Waals surface area contributed by atoms with Gasteiger partial charge in [-0.15, -0.1) is 0 Å². The molecular formula is C17H28N3O4. The summed E-state index contributed by atoms with van der Waals surface area (Å²) in [5.41, 5.74) is 5.27. The highest BCUT2D eigenvalue weighted by atomic mass is 16.5. The summed E-state index contributed by atoms with van der Waals surface area (Å²) in [4.78, 5) is 37.5. The van der Waals surface area contributed by atoms with Gasteiger partial charge < -0.3 is 20.7 Å². The van der Waals surface area contributed by atoms with Gasteiger partial charge in [0.2, 0.25) is 11.8 Å². The Morgan fingerprint density at radius 2 is 2.04 bits per heavy atom. The molecule has 0 aromatic rings. The molecule has 2 heterocycles. The van der Waals surface area contributed by atoms with Crippen LogP contribution in [0.3, 0.4) is 0 Å². The van der Waals surface area contributed by atoms with Gasteiger partial charge in [-0.25, -0.2) is 0 Å². The number of carbonyl (C=O) groups excluding carboxylic acids is 3. The first-order valence-corrected chi connectivity index (χ1v) is 8.68. The predicted octanol–water partition coefficient (Wildman–Crippen LogP) is -0.113. The molecule has 4 atom stereocenters. The zero-order valence-corrected chi connectivity index (χ0v) is 14.5. The zero-order valence-electron chi connectivity index (χ0n) is 14.5. The second-order valence-corrected chi connectivity index (χ2v) is 6.92. The molecule has 0 bridgehead atoms. The summed E-state index contributed by atoms with van der Waals surface area (Å²) in [6, 6.07) is -0.585. The Hall–Kier alpha value is -1.47. The lowest BCUT2D eigenvalue weighted by Crippen LogP contribution is -2.48. The highest BCUT2D eigenvalue weighted by Crippen LogP contribution is 2.18. The number of amides is 2. The molecule has 24 heavy (non-hydrogen) atoms. The van der Waals surface area contributed by atoms with E-state index in [2.05, 4.69) is 10.2 Å². The molecule has 3 N–H and O–H groups in total. The van der Waals surface area contributed by atoms with Crippen LogP contribution in [0.5, 0.6) is 0 Å². The van der Waals surface area contributed by atoms with Gasteiger partial charge in [-0.3, -0.25) is 14.4 Å². The van der Waals surface area contributed by atoms with E-state index in [0.29, 0.717) is 13.0 Å². The first-order valence-electron chi connectivity index (χ1n) is 8.68. The molecular weight excluding hydrogens is 310 g/mol. The molecule has 7 heteroatoms. The van der Waals surface area contributed by atoms with Crippen molar-refractivity contribution in [3.05, 3.63) is 6.42 Å². The Morgan fingerprint density at radius 3 is 2.67 bits per heavy atom. The smallest absolute Gasteiger partial charge is 0.224 e. The van der Waals surface area contributed by atoms with Gasteiger partial charge in [-0.2, -0.15) is 0 Å². The van der Waals surface area contributed by atoms with E-state index in [1.165, 1.54) is 19.3 Å². The number of hydrogen-bond donors (Lipinski definition) is 2. The molecule has 2 aliphatic rings. The number of nitrogens with one attached hydrogen (secondary N) is 1. The Bertz CT molecular complexity index is 476. The topological polar surface area (TPSA) is 102 Å². The number of ketones is 1. The van der Waals surface area contributed by atoms with Gasteiger partial charge in [0, 0.05) is 18.9 Å². The fourth-order valence-corrected chi connectivity index (χ4v) is 3.12. The quantitative estimate of drug-likeness (QED) is 0.643. The van der Waals surface area contributed by atoms with Crippen LogP contribution in [-0.4, -0.2) is 60.9 Å². The molecule has 135 valence electrons. The molecule has 0 saturated carbocycles. The van der Waals surface area contributed by atoms with Gasteiger partial charge in [0.05, 0.1) is 6.10 Å². The third kappa shape index (κ3) is 5.01. The van der Waals surface area contributed by atoms with Crippen LogP contribution >= 0.6 is 0 Å². The maximum absolute atomic E-state index is 12.1. The average Bonchev–Trinajstić information content (AvgIpc) is 3.17. The summed E-state index contributed by atoms with van der Waals surface area (Å²) in [5.74, 6) is -1.08. The van der Waals surface area contributed by atoms with Crippen molar-refractivity contribution in [3.63, 3.8) is 0 Å². The molecule has 0 spiro atoms. The highest BCUT2D eigenvalue weighted by molar-refractivity contribution is 5.94. The third-order valence-corrected chi connectivity index (χ3v) is 5.07. The molecule has 7 nitrogen and oxygen atoms in total. The minimum atomic E-state index is -0.585. The van der Waals surface area contributed by atoms with Crippen LogP contribution < -0.4 is 11.1 Å². The minimum Gasteiger partial charge on any atom is -0.369 e. The molecule has 0 aliphatic carbocycles. The first-order chi connectivity index (χ1) is 11.4. The van der Waals surface area contributed by atoms with Crippen LogP contribution in [-0.2, 0) is 19.1 Å². The standard InChI is InChI=1S/C17H28N3O4/c1-11(12(2)17(18)23)5-6-15(22)19-16-13(21)10-24-14(16)9-20-7-3-4-8-20/h6,11-12,14,16H,3-5,7-10H2,1-2H3,(H2,18,23)(H,19,22). The summed E-state index contributed by atoms with van der Waals surface area (Å²) in [7, 11) is 0. The molecule has 2 fully saturated rings. The van der Waals surface area contributed by atoms with Crippen LogP contribution in [0.2, 0.25) is 0 Å². The number of nitrogens with zero attached hydrogens (tertiary/aromatic N) is 1. The van der Waals surface area contributed by atoms with Crippen LogP contribution in [0.1, 0.15) is 33.1 Å². The lowest BCUT2D eigenvalue weighted by atomic mass is 9.91. The summed E-state index contributed by atoms with van der Waals surface area (Å²) in [5, 5.41) is 2.76. The summed E-state index contributed by atoms with van der Waals surface area (Å²) in [6.45, 7) is 6.38. The van der Waals surface area contributed by atoms with E-state index in [4.69, 9.17) is 10.5 Å². The van der Waals surface area contributed by atoms with Gasteiger partial charge in [-0.1, -0.05) is 13.8 Å². The number of ether oxygens (including phenoxy) is 1. The second kappa shape index (κ2) is 8.58. The van der Waals surface area contributed by atoms with Crippen molar-refractivity contribution in [3.8, 4) is 0 Å². The fraction of sp³-hybridized carbons (Fsp3) is 0.765. The number of primary amides is 1. The summed E-state index contributed by atoms with van der Waals surface area (Å²) >= 11 is 0. The SMILES string of the molecule is CC(C[CH]C(=O)NC1C(=O)COC1CN1CCCC1)C(C)C(N)=O. The second-order valence-electron chi connectivity index (χ2n) is 6.92. The van der Waals surface area contributed by atoms with Crippen LogP contribution in [0.15, 0.2) is 0 Å². The van der Waals surface area contributed by atoms with Crippen LogP contribution in [0, 0.1) is 18.3 Å². The van der Waals surface area contributed by atoms with Gasteiger partial charge in [0.25, 0.3) is 0 Å². The number of carbonyl (C=O) groups is 3. The normalized spacial score (nSPS) is 27.2. The predicted molar refractivity (Wildman–Crippen MR) is 88.8 cm³/mol. The van der Waals surface area contributed by atoms with E-state index in [1.54, 1.807) is 6.92 Å². The van der Waals surface area contributed by atoms with E-state index in [1.807, 2.05) is 6.92 Å². The Labute approximate surface area is 143 Å². The number of hydrogen-bond acceptors (Lipinski definition) is 5. The van der Waals surface area contributed by atoms with Gasteiger partial charge >= 0.3 is 0 Å². The van der Waals surface area contributed by atoms with Crippen molar-refractivity contribution in [1.82, 2.24) is 10.2 Å². The highest BCUT2D eigenvalue weighted by Gasteiger charge is 2.38. The van der Waals surface area contributed by atoms with Crippen molar-refractivity contribution >= 4 is 17.6 Å². The molecule has 2 rings (SSSR count). The summed E-state index contributed by atoms with van der Waals surface area (Å²) < 4.78 is 5.55. The van der Waals surface area contributed by atoms with Crippen molar-refractivity contribution in [2.75, 3.05) is 26.2 Å². The van der Waals surface area contributed by atoms with E-state index in [9.17, 15) is 14.4 Å². The molecule has 2 aliphatic heterocycles. The third-order valence-electron chi connectivity index (χ3n) is 5.07. The van der Waals surface area contributed by atoms with Crippen molar-refractivity contribution < 1.29 is 19.1 Å². The van der Waals surface area contributed by atoms with Gasteiger partial charge in [-0.05, 0) is 38.3 Å². The molecule has 1 radical (unpaired) electrons. The number of rotatable bonds is 8. The molecule has 0 aromatic carbocycles. The van der Waals surface area contributed by atoms with E-state index in [-0.39, 0.29) is 42.1 Å². The largest absolute Gasteiger partial charge is 0.369 e. The Balaban J connectivity index is 1.80. The van der Waals surface area contributed by atoms with Crippen LogP contribution in [0.4, 0.5) is 0 Å². The minimum absolute atomic E-state index is 0.0239. The molecule has 2 amide bonds. The lowest BCUT2D eigenvalue weighted by Gasteiger charge is -2.24. The average molecular weight is 338 g/mol. The summed E-state index contributed by atoms with van der Waals surface area (Å²) in [6.07, 6.45) is 3.98. The maximum Gasteiger partial charge on any atom is 0.224 e. The fourth-order valence-electron chi connectivity index (χ4n) is 3.12. The van der Waals surface area contributed by atoms with Crippen molar-refractivity contribution in [2.24, 2.45) is 17.6 Å². The van der Waals surface area contributed by atoms with E-state index < -0.39 is 6.04 Å². The first kappa shape index (κ1) is 18.9. The van der Waals surface area contributed by atoms with E-state index >= 15 is 0 Å². The molecule has 0 aromatic heterocycles. The number of Topliss-reactive ketones (excluding diaryl/α,β-unsaturated/α-hetero) is 1. The number of nitrogens with two attached hydrogens (primary N) is 1. The zero-order chi connectivity index (χ0) is 17.7. The number of likely N-dealkylation sites (tertiary alicyclic amines) is 1. The Morgan fingerprint density at radius 1 is 1.38 bits per heavy atom. The Kier molecular flexibility index (Phi) is 6.74. The maximum atomic E-state index is 12.1. The van der Waals surface area contributed by atoms with Crippen molar-refractivity contribution in [1.29, 1.82) is 0 Å². The molecule has 4 unspecified atom stereocenters.